The van der Waals surface area contributed by atoms with Crippen molar-refractivity contribution in [1.82, 2.24) is 4.98 Å². The maximum Gasteiger partial charge on any atom is 0.270 e. The summed E-state index contributed by atoms with van der Waals surface area (Å²) >= 11 is 1.48. The Labute approximate surface area is 175 Å². The van der Waals surface area contributed by atoms with Gasteiger partial charge in [0.2, 0.25) is 0 Å². The zero-order valence-corrected chi connectivity index (χ0v) is 17.9. The number of nitrogens with zero attached hydrogens (tertiary/aromatic N) is 2. The van der Waals surface area contributed by atoms with Crippen LogP contribution in [-0.2, 0) is 6.42 Å². The maximum absolute atomic E-state index is 13.3. The molecule has 0 saturated carbocycles. The van der Waals surface area contributed by atoms with E-state index in [2.05, 4.69) is 32.0 Å². The predicted octanol–water partition coefficient (Wildman–Crippen LogP) is 5.33. The average molecular weight is 414 g/mol. The van der Waals surface area contributed by atoms with Crippen LogP contribution in [0.3, 0.4) is 0 Å². The van der Waals surface area contributed by atoms with Gasteiger partial charge < -0.3 is 10.6 Å². The average Bonchev–Trinajstić information content (AvgIpc) is 3.02. The van der Waals surface area contributed by atoms with E-state index in [1.54, 1.807) is 0 Å². The topological polar surface area (TPSA) is 59.2 Å². The molecule has 0 unspecified atom stereocenters. The number of carbonyl (C=O) groups is 1. The second-order valence-electron chi connectivity index (χ2n) is 7.16. The van der Waals surface area contributed by atoms with Crippen molar-refractivity contribution in [3.05, 3.63) is 63.7 Å². The number of benzene rings is 2. The van der Waals surface area contributed by atoms with E-state index in [9.17, 15) is 4.79 Å². The largest absolute Gasteiger partial charge is 0.398 e. The van der Waals surface area contributed by atoms with Crippen LogP contribution in [0, 0.1) is 20.8 Å². The highest BCUT2D eigenvalue weighted by Gasteiger charge is 2.27. The van der Waals surface area contributed by atoms with E-state index in [0.717, 1.165) is 46.0 Å². The van der Waals surface area contributed by atoms with Gasteiger partial charge in [0.15, 0.2) is 0 Å². The first-order valence-corrected chi connectivity index (χ1v) is 10.0. The van der Waals surface area contributed by atoms with Gasteiger partial charge >= 0.3 is 0 Å². The monoisotopic (exact) mass is 413 g/mol. The van der Waals surface area contributed by atoms with Crippen molar-refractivity contribution in [3.63, 3.8) is 0 Å². The molecule has 0 radical (unpaired) electrons. The van der Waals surface area contributed by atoms with Crippen LogP contribution in [0.4, 0.5) is 11.4 Å². The van der Waals surface area contributed by atoms with Crippen LogP contribution in [0.5, 0.6) is 0 Å². The van der Waals surface area contributed by atoms with Crippen molar-refractivity contribution in [2.24, 2.45) is 0 Å². The summed E-state index contributed by atoms with van der Waals surface area (Å²) in [6, 6.07) is 12.1. The number of aryl methyl sites for hydroxylation is 3. The Morgan fingerprint density at radius 2 is 1.96 bits per heavy atom. The molecule has 4 nitrogen and oxygen atoms in total. The van der Waals surface area contributed by atoms with Crippen molar-refractivity contribution < 1.29 is 4.79 Å². The number of aromatic nitrogens is 1. The van der Waals surface area contributed by atoms with Crippen LogP contribution in [-0.4, -0.2) is 17.4 Å². The van der Waals surface area contributed by atoms with Gasteiger partial charge in [-0.25, -0.2) is 4.98 Å². The molecule has 2 N–H and O–H groups in total. The molecule has 1 aromatic heterocycles. The fourth-order valence-electron chi connectivity index (χ4n) is 3.75. The molecular weight excluding hydrogens is 390 g/mol. The standard InChI is InChI=1S/C22H23N3OS.ClH/c1-13-9-10-16(14(2)12-13)21-24-15(3)20(27-21)22(26)25-11-5-6-17-18(23)7-4-8-19(17)25;/h4,7-10,12H,5-6,11,23H2,1-3H3;1H. The number of fused-ring (bicyclic) bond motifs is 1. The van der Waals surface area contributed by atoms with Crippen molar-refractivity contribution in [3.8, 4) is 10.6 Å². The Morgan fingerprint density at radius 3 is 2.71 bits per heavy atom. The minimum absolute atomic E-state index is 0. The van der Waals surface area contributed by atoms with Gasteiger partial charge in [0.05, 0.1) is 5.69 Å². The van der Waals surface area contributed by atoms with E-state index in [1.807, 2.05) is 30.0 Å². The van der Waals surface area contributed by atoms with Crippen LogP contribution < -0.4 is 10.6 Å². The molecule has 1 aliphatic heterocycles. The van der Waals surface area contributed by atoms with E-state index in [0.29, 0.717) is 11.4 Å². The lowest BCUT2D eigenvalue weighted by atomic mass is 9.99. The van der Waals surface area contributed by atoms with Gasteiger partial charge in [-0.15, -0.1) is 23.7 Å². The predicted molar refractivity (Wildman–Crippen MR) is 120 cm³/mol. The Balaban J connectivity index is 0.00000225. The lowest BCUT2D eigenvalue weighted by Crippen LogP contribution is -2.35. The zero-order chi connectivity index (χ0) is 19.1. The first-order valence-electron chi connectivity index (χ1n) is 9.20. The second kappa shape index (κ2) is 7.94. The molecule has 3 aromatic rings. The van der Waals surface area contributed by atoms with Gasteiger partial charge in [0.1, 0.15) is 9.88 Å². The molecule has 2 heterocycles. The highest BCUT2D eigenvalue weighted by Crippen LogP contribution is 2.35. The third-order valence-electron chi connectivity index (χ3n) is 5.14. The van der Waals surface area contributed by atoms with Gasteiger partial charge in [-0.2, -0.15) is 0 Å². The van der Waals surface area contributed by atoms with Gasteiger partial charge in [-0.05, 0) is 56.9 Å². The summed E-state index contributed by atoms with van der Waals surface area (Å²) in [5.41, 5.74) is 13.2. The quantitative estimate of drug-likeness (QED) is 0.577. The molecule has 28 heavy (non-hydrogen) atoms. The van der Waals surface area contributed by atoms with E-state index in [1.165, 1.54) is 22.5 Å². The van der Waals surface area contributed by atoms with E-state index in [4.69, 9.17) is 10.7 Å². The first-order chi connectivity index (χ1) is 13.0. The zero-order valence-electron chi connectivity index (χ0n) is 16.3. The number of amides is 1. The number of nitrogen functional groups attached to an aromatic ring is 1. The molecular formula is C22H24ClN3OS. The number of anilines is 2. The summed E-state index contributed by atoms with van der Waals surface area (Å²) < 4.78 is 0. The number of rotatable bonds is 2. The molecule has 0 atom stereocenters. The lowest BCUT2D eigenvalue weighted by molar-refractivity contribution is 0.0988. The van der Waals surface area contributed by atoms with Crippen molar-refractivity contribution in [2.45, 2.75) is 33.6 Å². The summed E-state index contributed by atoms with van der Waals surface area (Å²) in [7, 11) is 0. The van der Waals surface area contributed by atoms with E-state index in [-0.39, 0.29) is 18.3 Å². The fraction of sp³-hybridized carbons (Fsp3) is 0.273. The van der Waals surface area contributed by atoms with Gasteiger partial charge in [0.25, 0.3) is 5.91 Å². The molecule has 0 spiro atoms. The molecule has 0 bridgehead atoms. The van der Waals surface area contributed by atoms with Gasteiger partial charge in [-0.3, -0.25) is 4.79 Å². The fourth-order valence-corrected chi connectivity index (χ4v) is 4.85. The minimum atomic E-state index is 0. The van der Waals surface area contributed by atoms with Gasteiger partial charge in [-0.1, -0.05) is 29.8 Å². The molecule has 0 aliphatic carbocycles. The summed E-state index contributed by atoms with van der Waals surface area (Å²) in [5, 5.41) is 0.901. The molecule has 1 amide bonds. The molecule has 6 heteroatoms. The Morgan fingerprint density at radius 1 is 1.18 bits per heavy atom. The summed E-state index contributed by atoms with van der Waals surface area (Å²) in [4.78, 5) is 20.6. The molecule has 2 aromatic carbocycles. The molecule has 1 aliphatic rings. The van der Waals surface area contributed by atoms with Crippen molar-refractivity contribution in [1.29, 1.82) is 0 Å². The number of thiazole rings is 1. The molecule has 146 valence electrons. The number of carbonyl (C=O) groups excluding carboxylic acids is 1. The SMILES string of the molecule is Cc1ccc(-c2nc(C)c(C(=O)N3CCCc4c(N)cccc43)s2)c(C)c1.Cl. The van der Waals surface area contributed by atoms with Crippen LogP contribution in [0.2, 0.25) is 0 Å². The number of hydrogen-bond donors (Lipinski definition) is 1. The van der Waals surface area contributed by atoms with Crippen LogP contribution >= 0.6 is 23.7 Å². The highest BCUT2D eigenvalue weighted by molar-refractivity contribution is 7.17. The lowest BCUT2D eigenvalue weighted by Gasteiger charge is -2.30. The summed E-state index contributed by atoms with van der Waals surface area (Å²) in [6.07, 6.45) is 1.84. The molecule has 0 fully saturated rings. The first kappa shape index (κ1) is 20.4. The van der Waals surface area contributed by atoms with Crippen molar-refractivity contribution >= 4 is 41.0 Å². The molecule has 0 saturated heterocycles. The van der Waals surface area contributed by atoms with E-state index < -0.39 is 0 Å². The number of hydrogen-bond acceptors (Lipinski definition) is 4. The Hall–Kier alpha value is -2.37. The van der Waals surface area contributed by atoms with Crippen LogP contribution in [0.15, 0.2) is 36.4 Å². The maximum atomic E-state index is 13.3. The second-order valence-corrected chi connectivity index (χ2v) is 8.16. The number of nitrogens with two attached hydrogens (primary N) is 1. The number of halogens is 1. The Kier molecular flexibility index (Phi) is 5.77. The Bertz CT molecular complexity index is 1040. The smallest absolute Gasteiger partial charge is 0.270 e. The van der Waals surface area contributed by atoms with Crippen molar-refractivity contribution in [2.75, 3.05) is 17.2 Å². The van der Waals surface area contributed by atoms with Crippen LogP contribution in [0.25, 0.3) is 10.6 Å². The van der Waals surface area contributed by atoms with E-state index >= 15 is 0 Å². The highest BCUT2D eigenvalue weighted by atomic mass is 35.5. The van der Waals surface area contributed by atoms with Crippen LogP contribution in [0.1, 0.15) is 38.5 Å². The third kappa shape index (κ3) is 3.52. The van der Waals surface area contributed by atoms with Gasteiger partial charge in [0, 0.05) is 23.5 Å². The summed E-state index contributed by atoms with van der Waals surface area (Å²) in [5.74, 6) is 0.0209. The third-order valence-corrected chi connectivity index (χ3v) is 6.31. The molecule has 4 rings (SSSR count). The minimum Gasteiger partial charge on any atom is -0.398 e. The summed E-state index contributed by atoms with van der Waals surface area (Å²) in [6.45, 7) is 6.80. The normalized spacial score (nSPS) is 13.0.